The minimum Gasteiger partial charge on any atom is -0.306 e. The normalized spacial score (nSPS) is 20.0. The zero-order valence-corrected chi connectivity index (χ0v) is 15.6. The maximum atomic E-state index is 12.8. The number of carbonyl (C=O) groups is 2. The van der Waals surface area contributed by atoms with Gasteiger partial charge >= 0.3 is 12.0 Å². The van der Waals surface area contributed by atoms with E-state index in [-0.39, 0.29) is 11.9 Å². The lowest BCUT2D eigenvalue weighted by molar-refractivity contribution is -0.553. The van der Waals surface area contributed by atoms with E-state index in [9.17, 15) is 9.59 Å². The number of rotatable bonds is 5. The summed E-state index contributed by atoms with van der Waals surface area (Å²) in [5.41, 5.74) is 1.07. The minimum atomic E-state index is -0.593. The van der Waals surface area contributed by atoms with Gasteiger partial charge in [0.15, 0.2) is 0 Å². The number of benzene rings is 1. The number of likely N-dealkylation sites (N-methyl/N-ethyl adjacent to an activating group) is 3. The summed E-state index contributed by atoms with van der Waals surface area (Å²) in [7, 11) is 7.16. The van der Waals surface area contributed by atoms with Crippen molar-refractivity contribution in [2.45, 2.75) is 12.6 Å². The molecule has 0 aliphatic carbocycles. The summed E-state index contributed by atoms with van der Waals surface area (Å²) in [4.78, 5) is 34.3. The summed E-state index contributed by atoms with van der Waals surface area (Å²) in [6, 6.07) is 8.97. The molecule has 138 valence electrons. The fourth-order valence-electron chi connectivity index (χ4n) is 3.08. The Hall–Kier alpha value is -2.74. The number of aliphatic imine (C=N–C) groups is 1. The number of hydrogen-bond donors (Lipinski definition) is 1. The zero-order valence-electron chi connectivity index (χ0n) is 15.6. The summed E-state index contributed by atoms with van der Waals surface area (Å²) in [5, 5.41) is 3.32. The van der Waals surface area contributed by atoms with Gasteiger partial charge in [0.1, 0.15) is 0 Å². The Morgan fingerprint density at radius 2 is 1.85 bits per heavy atom. The number of nitrogens with zero attached hydrogens (tertiary/aromatic N) is 5. The molecule has 0 radical (unpaired) electrons. The number of guanidine groups is 1. The van der Waals surface area contributed by atoms with E-state index in [2.05, 4.69) is 15.2 Å². The monoisotopic (exact) mass is 357 g/mol. The number of hydrogen-bond acceptors (Lipinski definition) is 5. The van der Waals surface area contributed by atoms with Crippen LogP contribution in [0.5, 0.6) is 0 Å². The highest BCUT2D eigenvalue weighted by atomic mass is 16.2. The van der Waals surface area contributed by atoms with Crippen molar-refractivity contribution in [1.82, 2.24) is 20.0 Å². The Bertz CT molecular complexity index is 771. The van der Waals surface area contributed by atoms with E-state index in [0.29, 0.717) is 24.9 Å². The minimum absolute atomic E-state index is 0.257. The molecule has 1 aromatic rings. The van der Waals surface area contributed by atoms with Gasteiger partial charge in [-0.05, 0) is 19.7 Å². The van der Waals surface area contributed by atoms with Gasteiger partial charge in [0.2, 0.25) is 11.9 Å². The number of carbonyl (C=O) groups excluding carboxylic acids is 2. The average Bonchev–Trinajstić information content (AvgIpc) is 2.97. The van der Waals surface area contributed by atoms with E-state index in [1.54, 1.807) is 7.05 Å². The molecule has 1 unspecified atom stereocenters. The number of amides is 3. The quantitative estimate of drug-likeness (QED) is 0.754. The van der Waals surface area contributed by atoms with Crippen LogP contribution in [-0.4, -0.2) is 90.3 Å². The Kier molecular flexibility index (Phi) is 5.03. The van der Waals surface area contributed by atoms with Crippen LogP contribution in [0.3, 0.4) is 0 Å². The Balaban J connectivity index is 1.93. The molecular formula is C18H25N6O2+. The molecule has 3 rings (SSSR count). The summed E-state index contributed by atoms with van der Waals surface area (Å²) < 4.78 is 1.93. The van der Waals surface area contributed by atoms with Crippen molar-refractivity contribution >= 4 is 23.7 Å². The number of amidine groups is 1. The largest absolute Gasteiger partial charge is 0.390 e. The maximum Gasteiger partial charge on any atom is 0.390 e. The third-order valence-corrected chi connectivity index (χ3v) is 4.57. The second-order valence-corrected chi connectivity index (χ2v) is 6.78. The first-order valence-electron chi connectivity index (χ1n) is 8.60. The van der Waals surface area contributed by atoms with Gasteiger partial charge in [-0.15, -0.1) is 0 Å². The second kappa shape index (κ2) is 7.25. The Morgan fingerprint density at radius 1 is 1.15 bits per heavy atom. The van der Waals surface area contributed by atoms with Gasteiger partial charge in [-0.25, -0.2) is 9.37 Å². The molecule has 0 spiro atoms. The topological polar surface area (TPSA) is 71.3 Å². The van der Waals surface area contributed by atoms with Crippen molar-refractivity contribution < 1.29 is 14.2 Å². The van der Waals surface area contributed by atoms with E-state index in [0.717, 1.165) is 17.0 Å². The molecule has 2 aliphatic heterocycles. The molecule has 1 atom stereocenters. The van der Waals surface area contributed by atoms with Crippen molar-refractivity contribution in [1.29, 1.82) is 0 Å². The molecule has 8 heteroatoms. The molecule has 1 aromatic carbocycles. The molecule has 1 N–H and O–H groups in total. The van der Waals surface area contributed by atoms with Gasteiger partial charge in [-0.3, -0.25) is 19.9 Å². The highest BCUT2D eigenvalue weighted by molar-refractivity contribution is 6.22. The summed E-state index contributed by atoms with van der Waals surface area (Å²) in [6.07, 6.45) is 0. The number of urea groups is 1. The molecule has 0 saturated carbocycles. The predicted molar refractivity (Wildman–Crippen MR) is 99.1 cm³/mol. The number of nitrogens with one attached hydrogen (secondary N) is 1. The molecule has 3 amide bonds. The molecule has 1 saturated heterocycles. The summed E-state index contributed by atoms with van der Waals surface area (Å²) >= 11 is 0. The van der Waals surface area contributed by atoms with Crippen LogP contribution in [-0.2, 0) is 11.3 Å². The van der Waals surface area contributed by atoms with Crippen molar-refractivity contribution in [2.75, 3.05) is 41.3 Å². The van der Waals surface area contributed by atoms with Crippen LogP contribution in [0.15, 0.2) is 35.3 Å². The van der Waals surface area contributed by atoms with Crippen molar-refractivity contribution in [2.24, 2.45) is 4.99 Å². The third-order valence-electron chi connectivity index (χ3n) is 4.57. The zero-order chi connectivity index (χ0) is 18.8. The van der Waals surface area contributed by atoms with E-state index in [1.165, 1.54) is 11.9 Å². The molecule has 2 aliphatic rings. The maximum absolute atomic E-state index is 12.8. The second-order valence-electron chi connectivity index (χ2n) is 6.78. The highest BCUT2D eigenvalue weighted by Gasteiger charge is 2.51. The SMILES string of the molecule is CN(C)CCNC1=[N+](Cc2ccccc2)C2C(=O)N(C)C(=O)N(C)C2=N1. The summed E-state index contributed by atoms with van der Waals surface area (Å²) in [5.74, 6) is 0.840. The van der Waals surface area contributed by atoms with Gasteiger partial charge in [0, 0.05) is 20.6 Å². The smallest absolute Gasteiger partial charge is 0.306 e. The van der Waals surface area contributed by atoms with Gasteiger partial charge < -0.3 is 4.90 Å². The van der Waals surface area contributed by atoms with E-state index in [1.807, 2.05) is 49.0 Å². The fourth-order valence-corrected chi connectivity index (χ4v) is 3.08. The van der Waals surface area contributed by atoms with Crippen LogP contribution in [0.1, 0.15) is 5.56 Å². The lowest BCUT2D eigenvalue weighted by Gasteiger charge is -2.31. The van der Waals surface area contributed by atoms with E-state index >= 15 is 0 Å². The predicted octanol–water partition coefficient (Wildman–Crippen LogP) is 0.0108. The molecule has 8 nitrogen and oxygen atoms in total. The van der Waals surface area contributed by atoms with Crippen molar-refractivity contribution in [3.05, 3.63) is 35.9 Å². The average molecular weight is 357 g/mol. The van der Waals surface area contributed by atoms with Crippen molar-refractivity contribution in [3.63, 3.8) is 0 Å². The van der Waals surface area contributed by atoms with Crippen LogP contribution in [0.25, 0.3) is 0 Å². The van der Waals surface area contributed by atoms with Crippen LogP contribution >= 0.6 is 0 Å². The summed E-state index contributed by atoms with van der Waals surface area (Å²) in [6.45, 7) is 2.06. The number of imide groups is 1. The molecule has 0 bridgehead atoms. The molecule has 0 aromatic heterocycles. The molecule has 2 heterocycles. The Morgan fingerprint density at radius 3 is 2.50 bits per heavy atom. The van der Waals surface area contributed by atoms with Gasteiger partial charge in [0.25, 0.3) is 5.91 Å². The highest BCUT2D eigenvalue weighted by Crippen LogP contribution is 2.20. The third kappa shape index (κ3) is 3.32. The molecule has 26 heavy (non-hydrogen) atoms. The van der Waals surface area contributed by atoms with E-state index < -0.39 is 6.04 Å². The fraction of sp³-hybridized carbons (Fsp3) is 0.444. The van der Waals surface area contributed by atoms with Crippen LogP contribution in [0.4, 0.5) is 4.79 Å². The lowest BCUT2D eigenvalue weighted by atomic mass is 10.1. The van der Waals surface area contributed by atoms with Crippen LogP contribution < -0.4 is 5.32 Å². The first kappa shape index (κ1) is 18.1. The number of fused-ring (bicyclic) bond motifs is 1. The first-order chi connectivity index (χ1) is 12.4. The van der Waals surface area contributed by atoms with Gasteiger partial charge in [-0.2, -0.15) is 0 Å². The van der Waals surface area contributed by atoms with Crippen LogP contribution in [0.2, 0.25) is 0 Å². The molecular weight excluding hydrogens is 332 g/mol. The van der Waals surface area contributed by atoms with Gasteiger partial charge in [0.05, 0.1) is 13.1 Å². The molecule has 1 fully saturated rings. The Labute approximate surface area is 153 Å². The van der Waals surface area contributed by atoms with Crippen molar-refractivity contribution in [3.8, 4) is 0 Å². The van der Waals surface area contributed by atoms with Gasteiger partial charge in [-0.1, -0.05) is 35.3 Å². The standard InChI is InChI=1S/C18H24N6O2/c1-21(2)11-10-19-17-20-15-14(16(25)23(4)18(26)22(15)3)24(17)12-13-8-6-5-7-9-13/h5-9,14H,10-12H2,1-4H3/p+1. The lowest BCUT2D eigenvalue weighted by Crippen LogP contribution is -2.61. The van der Waals surface area contributed by atoms with E-state index in [4.69, 9.17) is 0 Å². The first-order valence-corrected chi connectivity index (χ1v) is 8.60. The van der Waals surface area contributed by atoms with Crippen LogP contribution in [0, 0.1) is 0 Å².